The monoisotopic (exact) mass is 1330 g/mol. The fourth-order valence-electron chi connectivity index (χ4n) is 12.4. The summed E-state index contributed by atoms with van der Waals surface area (Å²) in [6, 6.07) is -8.59. The maximum atomic E-state index is 14.7. The zero-order chi connectivity index (χ0) is 70.5. The predicted molar refractivity (Wildman–Crippen MR) is 346 cm³/mol. The molecule has 4 fully saturated rings. The molecule has 4 rings (SSSR count). The van der Waals surface area contributed by atoms with E-state index in [-0.39, 0.29) is 37.0 Å². The number of rotatable bonds is 13. The van der Waals surface area contributed by atoms with Crippen LogP contribution in [-0.4, -0.2) is 156 Å². The minimum absolute atomic E-state index is 0.0390. The zero-order valence-electron chi connectivity index (χ0n) is 59.1. The SMILES string of the molecule is CC(C)[C@@H]1NC(=O)[C@H](C)OC(=O)[C@@H](C(C)C)NC(=O)[C@@H](CC2CCCCC2)OC(=O)[C@H]([C@@H](C)OC(C)(C)C)NC(=O)[C@H](C)OC(=O)[C@@H](C(C)C)NC(=O)[C@@H](CC2CCCCC2)OC(=O)[C@H](C(C)C)NC(=O)[C@H](C)OC(=O)[C@@H](C(C)C)NC(=O)[C@@H](CC2CCCCC2)OC1=O. The van der Waals surface area contributed by atoms with Gasteiger partial charge in [-0.2, -0.15) is 0 Å². The molecule has 3 saturated carbocycles. The Morgan fingerprint density at radius 1 is 0.319 bits per heavy atom. The summed E-state index contributed by atoms with van der Waals surface area (Å²) in [6.07, 6.45) is 2.38. The molecule has 1 heterocycles. The van der Waals surface area contributed by atoms with Crippen LogP contribution >= 0.6 is 0 Å². The third kappa shape index (κ3) is 25.6. The summed E-state index contributed by atoms with van der Waals surface area (Å²) in [5.41, 5.74) is -0.888. The molecule has 6 amide bonds. The van der Waals surface area contributed by atoms with E-state index in [2.05, 4.69) is 31.9 Å². The van der Waals surface area contributed by atoms with Crippen LogP contribution in [0.3, 0.4) is 0 Å². The van der Waals surface area contributed by atoms with E-state index in [1.165, 1.54) is 27.7 Å². The van der Waals surface area contributed by atoms with Crippen LogP contribution in [0.15, 0.2) is 0 Å². The molecule has 25 heteroatoms. The molecule has 3 aliphatic carbocycles. The number of esters is 6. The van der Waals surface area contributed by atoms with Gasteiger partial charge in [-0.25, -0.2) is 28.8 Å². The summed E-state index contributed by atoms with van der Waals surface area (Å²) in [7, 11) is 0. The normalized spacial score (nSPS) is 29.8. The molecule has 1 aliphatic heterocycles. The number of cyclic esters (lactones) is 6. The Bertz CT molecular complexity index is 2560. The molecule has 0 aromatic carbocycles. The van der Waals surface area contributed by atoms with Crippen molar-refractivity contribution < 1.29 is 90.7 Å². The molecule has 0 aromatic heterocycles. The Kier molecular flexibility index (Phi) is 32.2. The smallest absolute Gasteiger partial charge is 0.332 e. The third-order valence-corrected chi connectivity index (χ3v) is 18.1. The molecule has 0 bridgehead atoms. The van der Waals surface area contributed by atoms with Crippen molar-refractivity contribution in [2.24, 2.45) is 47.3 Å². The van der Waals surface area contributed by atoms with Crippen LogP contribution in [0.5, 0.6) is 0 Å². The topological polar surface area (TPSA) is 342 Å². The van der Waals surface area contributed by atoms with Crippen molar-refractivity contribution in [1.29, 1.82) is 0 Å². The number of hydrogen-bond donors (Lipinski definition) is 6. The second-order valence-corrected chi connectivity index (χ2v) is 29.3. The summed E-state index contributed by atoms with van der Waals surface area (Å²) in [4.78, 5) is 172. The van der Waals surface area contributed by atoms with Gasteiger partial charge >= 0.3 is 35.8 Å². The number of ether oxygens (including phenoxy) is 7. The first-order valence-corrected chi connectivity index (χ1v) is 34.7. The van der Waals surface area contributed by atoms with Gasteiger partial charge < -0.3 is 65.1 Å². The molecule has 1 saturated heterocycles. The number of nitrogens with one attached hydrogen (secondary N) is 6. The van der Waals surface area contributed by atoms with Gasteiger partial charge in [0.1, 0.15) is 30.2 Å². The Balaban J connectivity index is 1.80. The quantitative estimate of drug-likeness (QED) is 0.0812. The van der Waals surface area contributed by atoms with Gasteiger partial charge in [0.05, 0.1) is 11.7 Å². The van der Waals surface area contributed by atoms with E-state index in [9.17, 15) is 57.5 Å². The molecule has 0 aromatic rings. The third-order valence-electron chi connectivity index (χ3n) is 18.1. The van der Waals surface area contributed by atoms with E-state index >= 15 is 0 Å². The lowest BCUT2D eigenvalue weighted by molar-refractivity contribution is -0.169. The summed E-state index contributed by atoms with van der Waals surface area (Å²) >= 11 is 0. The molecule has 0 unspecified atom stereocenters. The highest BCUT2D eigenvalue weighted by Crippen LogP contribution is 2.32. The van der Waals surface area contributed by atoms with E-state index < -0.39 is 185 Å². The summed E-state index contributed by atoms with van der Waals surface area (Å²) in [5, 5.41) is 15.9. The second kappa shape index (κ2) is 37.8. The number of carbonyl (C=O) groups excluding carboxylic acids is 12. The van der Waals surface area contributed by atoms with Gasteiger partial charge in [0.2, 0.25) is 0 Å². The van der Waals surface area contributed by atoms with Crippen molar-refractivity contribution in [3.63, 3.8) is 0 Å². The van der Waals surface area contributed by atoms with E-state index in [1.807, 2.05) is 0 Å². The number of hydrogen-bond acceptors (Lipinski definition) is 19. The number of amides is 6. The zero-order valence-corrected chi connectivity index (χ0v) is 59.1. The van der Waals surface area contributed by atoms with Crippen LogP contribution in [0.4, 0.5) is 0 Å². The molecule has 6 N–H and O–H groups in total. The van der Waals surface area contributed by atoms with Crippen LogP contribution in [0.1, 0.15) is 233 Å². The van der Waals surface area contributed by atoms with Gasteiger partial charge in [-0.3, -0.25) is 28.8 Å². The molecule has 0 radical (unpaired) electrons. The first-order valence-electron chi connectivity index (χ1n) is 34.7. The van der Waals surface area contributed by atoms with Crippen molar-refractivity contribution in [1.82, 2.24) is 31.9 Å². The van der Waals surface area contributed by atoms with Gasteiger partial charge in [-0.1, -0.05) is 166 Å². The van der Waals surface area contributed by atoms with Crippen LogP contribution < -0.4 is 31.9 Å². The average molecular weight is 1330 g/mol. The van der Waals surface area contributed by atoms with Crippen molar-refractivity contribution in [3.8, 4) is 0 Å². The maximum Gasteiger partial charge on any atom is 0.332 e. The molecule has 534 valence electrons. The predicted octanol–water partition coefficient (Wildman–Crippen LogP) is 6.83. The molecule has 13 atom stereocenters. The highest BCUT2D eigenvalue weighted by Gasteiger charge is 2.43. The Morgan fingerprint density at radius 2 is 0.521 bits per heavy atom. The lowest BCUT2D eigenvalue weighted by Gasteiger charge is -2.33. The van der Waals surface area contributed by atoms with Crippen LogP contribution in [0, 0.1) is 47.3 Å². The van der Waals surface area contributed by atoms with Crippen LogP contribution in [0.2, 0.25) is 0 Å². The molecule has 4 aliphatic rings. The second-order valence-electron chi connectivity index (χ2n) is 29.3. The minimum atomic E-state index is -1.62. The molecule has 0 spiro atoms. The summed E-state index contributed by atoms with van der Waals surface area (Å²) in [5.74, 6) is -14.9. The standard InChI is InChI=1S/C69H114N6O19/c1-36(2)51-63(82)88-42(12)57(76)70-55(40(9)10)67(86)92-49(34-46-29-23-19-24-30-46)61(80)73-53(38(5)6)65(84)90-44(14)59(78)75-56(41(11)94-69(15,16)17)68(87)93-50(35-47-31-25-20-26-32-47)62(81)74-52(37(3)4)64(83)89-43(13)58(77)71-54(39(7)8)66(85)91-48(60(79)72-51)33-45-27-21-18-22-28-45/h36-56H,18-35H2,1-17H3,(H,70,76)(H,71,77)(H,72,79)(H,73,80)(H,74,81)(H,75,78)/t41-,42+,43+,44+,48-,49-,50-,51-,52-,53-,54+,55+,56+/m1/s1. The van der Waals surface area contributed by atoms with E-state index in [0.717, 1.165) is 83.5 Å². The Labute approximate surface area is 557 Å². The van der Waals surface area contributed by atoms with E-state index in [1.54, 1.807) is 90.0 Å². The van der Waals surface area contributed by atoms with Gasteiger partial charge in [0.25, 0.3) is 35.4 Å². The number of carbonyl (C=O) groups is 12. The first-order chi connectivity index (χ1) is 44.0. The first kappa shape index (κ1) is 80.0. The van der Waals surface area contributed by atoms with Crippen LogP contribution in [0.25, 0.3) is 0 Å². The summed E-state index contributed by atoms with van der Waals surface area (Å²) in [6.45, 7) is 26.8. The summed E-state index contributed by atoms with van der Waals surface area (Å²) < 4.78 is 41.3. The fourth-order valence-corrected chi connectivity index (χ4v) is 12.4. The maximum absolute atomic E-state index is 14.7. The lowest BCUT2D eigenvalue weighted by atomic mass is 9.85. The molecular formula is C69H114N6O19. The molecule has 25 nitrogen and oxygen atoms in total. The Morgan fingerprint density at radius 3 is 0.745 bits per heavy atom. The van der Waals surface area contributed by atoms with Gasteiger partial charge in [-0.15, -0.1) is 0 Å². The average Bonchev–Trinajstić information content (AvgIpc) is 0.924. The Hall–Kier alpha value is -6.40. The fraction of sp³-hybridized carbons (Fsp3) is 0.826. The van der Waals surface area contributed by atoms with E-state index in [0.29, 0.717) is 12.8 Å². The van der Waals surface area contributed by atoms with Crippen LogP contribution in [-0.2, 0) is 90.7 Å². The van der Waals surface area contributed by atoms with Gasteiger partial charge in [0.15, 0.2) is 42.7 Å². The van der Waals surface area contributed by atoms with Crippen molar-refractivity contribution in [2.45, 2.75) is 318 Å². The largest absolute Gasteiger partial charge is 0.451 e. The van der Waals surface area contributed by atoms with Crippen molar-refractivity contribution in [3.05, 3.63) is 0 Å². The van der Waals surface area contributed by atoms with Gasteiger partial charge in [0, 0.05) is 0 Å². The van der Waals surface area contributed by atoms with E-state index in [4.69, 9.17) is 33.2 Å². The van der Waals surface area contributed by atoms with Crippen molar-refractivity contribution >= 4 is 71.3 Å². The minimum Gasteiger partial charge on any atom is -0.451 e. The van der Waals surface area contributed by atoms with Gasteiger partial charge in [-0.05, 0) is 115 Å². The molecular weight excluding hydrogens is 1220 g/mol. The molecule has 94 heavy (non-hydrogen) atoms. The highest BCUT2D eigenvalue weighted by molar-refractivity contribution is 5.96. The lowest BCUT2D eigenvalue weighted by Crippen LogP contribution is -2.57. The highest BCUT2D eigenvalue weighted by atomic mass is 16.6. The van der Waals surface area contributed by atoms with Crippen molar-refractivity contribution in [2.75, 3.05) is 0 Å².